The lowest BCUT2D eigenvalue weighted by atomic mass is 10.0. The van der Waals surface area contributed by atoms with Gasteiger partial charge < -0.3 is 50.7 Å². The summed E-state index contributed by atoms with van der Waals surface area (Å²) in [4.78, 5) is 4.64. The molecule has 8 N–H and O–H groups in total. The summed E-state index contributed by atoms with van der Waals surface area (Å²) in [5, 5.41) is 64.8. The van der Waals surface area contributed by atoms with Crippen molar-refractivity contribution in [3.05, 3.63) is 54.1 Å². The van der Waals surface area contributed by atoms with E-state index in [0.29, 0.717) is 48.8 Å². The average molecular weight is 533 g/mol. The van der Waals surface area contributed by atoms with Gasteiger partial charge in [0.25, 0.3) is 0 Å². The Morgan fingerprint density at radius 3 is 2.45 bits per heavy atom. The van der Waals surface area contributed by atoms with Crippen LogP contribution < -0.4 is 15.4 Å². The van der Waals surface area contributed by atoms with Crippen LogP contribution in [0.5, 0.6) is 5.75 Å². The zero-order chi connectivity index (χ0) is 27.1. The number of hydrogen-bond acceptors (Lipinski definition) is 11. The van der Waals surface area contributed by atoms with Crippen LogP contribution in [-0.2, 0) is 11.3 Å². The number of nitrogens with zero attached hydrogens (tertiary/aromatic N) is 2. The summed E-state index contributed by atoms with van der Waals surface area (Å²) in [7, 11) is 0. The van der Waals surface area contributed by atoms with Crippen LogP contribution in [0.4, 0.5) is 5.95 Å². The number of ether oxygens (including phenoxy) is 2. The number of fused-ring (bicyclic) bond motifs is 1. The monoisotopic (exact) mass is 532 g/mol. The SMILES string of the molecule is OC[C@H]1O[C@@H](n2c(NCc3cccc(OCCCNC(CO)(CO)CO)c3)nc3ccccc32)[C@H](O)[C@@H]1O. The first-order valence-electron chi connectivity index (χ1n) is 12.6. The zero-order valence-electron chi connectivity index (χ0n) is 21.0. The van der Waals surface area contributed by atoms with Crippen molar-refractivity contribution in [3.8, 4) is 5.75 Å². The summed E-state index contributed by atoms with van der Waals surface area (Å²) in [5.41, 5.74) is 1.20. The number of anilines is 1. The van der Waals surface area contributed by atoms with Gasteiger partial charge in [-0.25, -0.2) is 4.98 Å². The van der Waals surface area contributed by atoms with Crippen LogP contribution in [0.2, 0.25) is 0 Å². The van der Waals surface area contributed by atoms with E-state index in [2.05, 4.69) is 15.6 Å². The lowest BCUT2D eigenvalue weighted by molar-refractivity contribution is -0.0499. The molecular formula is C26H36N4O8. The molecule has 3 aromatic rings. The summed E-state index contributed by atoms with van der Waals surface area (Å²) in [6.45, 7) is -0.321. The topological polar surface area (TPSA) is 182 Å². The van der Waals surface area contributed by atoms with Gasteiger partial charge >= 0.3 is 0 Å². The lowest BCUT2D eigenvalue weighted by Crippen LogP contribution is -2.55. The summed E-state index contributed by atoms with van der Waals surface area (Å²) >= 11 is 0. The maximum Gasteiger partial charge on any atom is 0.206 e. The molecule has 2 heterocycles. The predicted molar refractivity (Wildman–Crippen MR) is 139 cm³/mol. The highest BCUT2D eigenvalue weighted by atomic mass is 16.6. The van der Waals surface area contributed by atoms with Crippen LogP contribution in [0.1, 0.15) is 18.2 Å². The van der Waals surface area contributed by atoms with Crippen LogP contribution in [0.15, 0.2) is 48.5 Å². The third-order valence-electron chi connectivity index (χ3n) is 6.71. The molecule has 1 fully saturated rings. The molecule has 0 saturated carbocycles. The van der Waals surface area contributed by atoms with Crippen LogP contribution in [0, 0.1) is 0 Å². The standard InChI is InChI=1S/C26H36N4O8/c31-13-21-22(35)23(36)24(38-21)30-20-8-2-1-7-19(20)29-25(30)27-12-17-5-3-6-18(11-17)37-10-4-9-28-26(14-32,15-33)16-34/h1-3,5-8,11,21-24,28,31-36H,4,9-10,12-16H2,(H,27,29)/t21-,22-,23-,24-/m1/s1. The van der Waals surface area contributed by atoms with Crippen molar-refractivity contribution in [1.29, 1.82) is 0 Å². The molecule has 38 heavy (non-hydrogen) atoms. The first kappa shape index (κ1) is 28.2. The highest BCUT2D eigenvalue weighted by Gasteiger charge is 2.44. The normalized spacial score (nSPS) is 21.7. The molecule has 0 aliphatic carbocycles. The van der Waals surface area contributed by atoms with E-state index in [-0.39, 0.29) is 19.8 Å². The molecule has 1 saturated heterocycles. The van der Waals surface area contributed by atoms with E-state index in [1.807, 2.05) is 48.5 Å². The first-order chi connectivity index (χ1) is 18.4. The van der Waals surface area contributed by atoms with Crippen molar-refractivity contribution in [2.75, 3.05) is 44.9 Å². The summed E-state index contributed by atoms with van der Waals surface area (Å²) < 4.78 is 13.3. The molecule has 1 aliphatic heterocycles. The molecule has 0 radical (unpaired) electrons. The first-order valence-corrected chi connectivity index (χ1v) is 12.6. The molecule has 4 rings (SSSR count). The minimum Gasteiger partial charge on any atom is -0.494 e. The van der Waals surface area contributed by atoms with Gasteiger partial charge in [0.2, 0.25) is 5.95 Å². The van der Waals surface area contributed by atoms with Crippen LogP contribution in [0.3, 0.4) is 0 Å². The lowest BCUT2D eigenvalue weighted by Gasteiger charge is -2.28. The number of benzene rings is 2. The van der Waals surface area contributed by atoms with Gasteiger partial charge in [0.1, 0.15) is 24.1 Å². The largest absolute Gasteiger partial charge is 0.494 e. The highest BCUT2D eigenvalue weighted by Crippen LogP contribution is 2.35. The molecule has 0 spiro atoms. The number of aliphatic hydroxyl groups excluding tert-OH is 6. The van der Waals surface area contributed by atoms with Crippen LogP contribution in [-0.4, -0.2) is 104 Å². The molecule has 0 unspecified atom stereocenters. The Balaban J connectivity index is 1.39. The second kappa shape index (κ2) is 12.8. The Bertz CT molecular complexity index is 1160. The van der Waals surface area contributed by atoms with Gasteiger partial charge in [-0.1, -0.05) is 24.3 Å². The van der Waals surface area contributed by atoms with E-state index in [0.717, 1.165) is 5.56 Å². The highest BCUT2D eigenvalue weighted by molar-refractivity contribution is 5.78. The molecular weight excluding hydrogens is 496 g/mol. The maximum atomic E-state index is 10.6. The minimum absolute atomic E-state index is 0.377. The predicted octanol–water partition coefficient (Wildman–Crippen LogP) is -0.666. The van der Waals surface area contributed by atoms with Gasteiger partial charge in [0.05, 0.1) is 49.6 Å². The number of rotatable bonds is 14. The van der Waals surface area contributed by atoms with Crippen molar-refractivity contribution in [2.45, 2.75) is 43.0 Å². The van der Waals surface area contributed by atoms with Gasteiger partial charge in [0.15, 0.2) is 6.23 Å². The number of aliphatic hydroxyl groups is 6. The van der Waals surface area contributed by atoms with Crippen molar-refractivity contribution in [1.82, 2.24) is 14.9 Å². The van der Waals surface area contributed by atoms with Crippen LogP contribution in [0.25, 0.3) is 11.0 Å². The molecule has 2 aromatic carbocycles. The maximum absolute atomic E-state index is 10.6. The van der Waals surface area contributed by atoms with Crippen LogP contribution >= 0.6 is 0 Å². The zero-order valence-corrected chi connectivity index (χ0v) is 21.0. The van der Waals surface area contributed by atoms with Gasteiger partial charge in [-0.05, 0) is 42.8 Å². The van der Waals surface area contributed by atoms with E-state index in [1.54, 1.807) is 4.57 Å². The quantitative estimate of drug-likeness (QED) is 0.123. The fraction of sp³-hybridized carbons (Fsp3) is 0.500. The Labute approximate surface area is 220 Å². The Hall–Kier alpha value is -2.81. The van der Waals surface area contributed by atoms with Crippen molar-refractivity contribution >= 4 is 17.0 Å². The summed E-state index contributed by atoms with van der Waals surface area (Å²) in [5.74, 6) is 1.11. The third-order valence-corrected chi connectivity index (χ3v) is 6.71. The van der Waals surface area contributed by atoms with E-state index in [1.165, 1.54) is 0 Å². The van der Waals surface area contributed by atoms with E-state index in [4.69, 9.17) is 9.47 Å². The fourth-order valence-electron chi connectivity index (χ4n) is 4.38. The summed E-state index contributed by atoms with van der Waals surface area (Å²) in [6.07, 6.45) is -3.70. The number of aromatic nitrogens is 2. The number of hydrogen-bond donors (Lipinski definition) is 8. The van der Waals surface area contributed by atoms with E-state index < -0.39 is 36.7 Å². The Kier molecular flexibility index (Phi) is 9.52. The molecule has 4 atom stereocenters. The molecule has 12 heteroatoms. The van der Waals surface area contributed by atoms with Gasteiger partial charge in [0, 0.05) is 6.54 Å². The number of para-hydroxylation sites is 2. The number of imidazole rings is 1. The Morgan fingerprint density at radius 2 is 1.74 bits per heavy atom. The van der Waals surface area contributed by atoms with Gasteiger partial charge in [-0.15, -0.1) is 0 Å². The molecule has 0 bridgehead atoms. The molecule has 208 valence electrons. The second-order valence-corrected chi connectivity index (χ2v) is 9.41. The van der Waals surface area contributed by atoms with Crippen molar-refractivity contribution in [3.63, 3.8) is 0 Å². The smallest absolute Gasteiger partial charge is 0.206 e. The van der Waals surface area contributed by atoms with E-state index >= 15 is 0 Å². The summed E-state index contributed by atoms with van der Waals surface area (Å²) in [6, 6.07) is 14.9. The molecule has 1 aliphatic rings. The second-order valence-electron chi connectivity index (χ2n) is 9.41. The fourth-order valence-corrected chi connectivity index (χ4v) is 4.38. The average Bonchev–Trinajstić information content (AvgIpc) is 3.46. The molecule has 1 aromatic heterocycles. The molecule has 12 nitrogen and oxygen atoms in total. The Morgan fingerprint density at radius 1 is 0.974 bits per heavy atom. The third kappa shape index (κ3) is 6.08. The number of nitrogens with one attached hydrogen (secondary N) is 2. The van der Waals surface area contributed by atoms with Crippen molar-refractivity contribution in [2.24, 2.45) is 0 Å². The van der Waals surface area contributed by atoms with Gasteiger partial charge in [-0.2, -0.15) is 0 Å². The van der Waals surface area contributed by atoms with Crippen molar-refractivity contribution < 1.29 is 40.1 Å². The van der Waals surface area contributed by atoms with E-state index in [9.17, 15) is 30.6 Å². The van der Waals surface area contributed by atoms with Gasteiger partial charge in [-0.3, -0.25) is 4.57 Å². The molecule has 0 amide bonds. The minimum atomic E-state index is -1.24.